The SMILES string of the molecule is CCC(C)N(CC(=O)O)C(=O)c1nn(-c2cc(C)ccc2F)c2c1CCC2. The zero-order valence-corrected chi connectivity index (χ0v) is 15.8. The highest BCUT2D eigenvalue weighted by molar-refractivity contribution is 5.96. The highest BCUT2D eigenvalue weighted by Gasteiger charge is 2.32. The molecule has 1 N–H and O–H groups in total. The molecule has 0 saturated heterocycles. The molecule has 27 heavy (non-hydrogen) atoms. The van der Waals surface area contributed by atoms with Crippen LogP contribution in [0, 0.1) is 12.7 Å². The van der Waals surface area contributed by atoms with Crippen molar-refractivity contribution in [3.05, 3.63) is 46.5 Å². The van der Waals surface area contributed by atoms with Gasteiger partial charge < -0.3 is 10.0 Å². The van der Waals surface area contributed by atoms with Gasteiger partial charge in [-0.25, -0.2) is 9.07 Å². The molecule has 1 heterocycles. The molecule has 0 fully saturated rings. The summed E-state index contributed by atoms with van der Waals surface area (Å²) in [6.45, 7) is 5.21. The summed E-state index contributed by atoms with van der Waals surface area (Å²) in [5.74, 6) is -1.87. The largest absolute Gasteiger partial charge is 0.480 e. The second-order valence-electron chi connectivity index (χ2n) is 7.08. The number of aromatic nitrogens is 2. The van der Waals surface area contributed by atoms with Gasteiger partial charge in [-0.15, -0.1) is 0 Å². The summed E-state index contributed by atoms with van der Waals surface area (Å²) in [4.78, 5) is 25.7. The Kier molecular flexibility index (Phi) is 5.30. The number of aryl methyl sites for hydroxylation is 1. The zero-order chi connectivity index (χ0) is 19.7. The molecule has 144 valence electrons. The highest BCUT2D eigenvalue weighted by Crippen LogP contribution is 2.30. The minimum atomic E-state index is -1.07. The van der Waals surface area contributed by atoms with Gasteiger partial charge in [-0.3, -0.25) is 9.59 Å². The summed E-state index contributed by atoms with van der Waals surface area (Å²) in [6, 6.07) is 4.56. The average Bonchev–Trinajstić information content (AvgIpc) is 3.23. The van der Waals surface area contributed by atoms with Crippen molar-refractivity contribution in [2.75, 3.05) is 6.54 Å². The first-order valence-electron chi connectivity index (χ1n) is 9.23. The summed E-state index contributed by atoms with van der Waals surface area (Å²) >= 11 is 0. The number of halogens is 1. The number of rotatable bonds is 6. The van der Waals surface area contributed by atoms with Crippen molar-refractivity contribution in [1.82, 2.24) is 14.7 Å². The van der Waals surface area contributed by atoms with Crippen molar-refractivity contribution >= 4 is 11.9 Å². The summed E-state index contributed by atoms with van der Waals surface area (Å²) < 4.78 is 15.9. The first-order chi connectivity index (χ1) is 12.8. The maximum atomic E-state index is 14.4. The number of amides is 1. The third-order valence-corrected chi connectivity index (χ3v) is 5.15. The number of hydrogen-bond acceptors (Lipinski definition) is 3. The molecule has 1 atom stereocenters. The van der Waals surface area contributed by atoms with Crippen molar-refractivity contribution in [1.29, 1.82) is 0 Å². The van der Waals surface area contributed by atoms with Crippen LogP contribution in [0.5, 0.6) is 0 Å². The van der Waals surface area contributed by atoms with Crippen LogP contribution < -0.4 is 0 Å². The monoisotopic (exact) mass is 373 g/mol. The van der Waals surface area contributed by atoms with E-state index in [1.54, 1.807) is 12.1 Å². The van der Waals surface area contributed by atoms with Crippen LogP contribution >= 0.6 is 0 Å². The Morgan fingerprint density at radius 2 is 2.11 bits per heavy atom. The van der Waals surface area contributed by atoms with Crippen LogP contribution in [0.15, 0.2) is 18.2 Å². The topological polar surface area (TPSA) is 75.4 Å². The Balaban J connectivity index is 2.08. The zero-order valence-electron chi connectivity index (χ0n) is 15.8. The molecular formula is C20H24FN3O3. The van der Waals surface area contributed by atoms with E-state index in [1.807, 2.05) is 20.8 Å². The third kappa shape index (κ3) is 3.59. The number of carbonyl (C=O) groups is 2. The molecule has 6 nitrogen and oxygen atoms in total. The number of nitrogens with zero attached hydrogens (tertiary/aromatic N) is 3. The van der Waals surface area contributed by atoms with E-state index in [-0.39, 0.29) is 18.3 Å². The van der Waals surface area contributed by atoms with Crippen LogP contribution in [-0.2, 0) is 17.6 Å². The van der Waals surface area contributed by atoms with Crippen molar-refractivity contribution in [3.63, 3.8) is 0 Å². The van der Waals surface area contributed by atoms with E-state index < -0.39 is 17.7 Å². The number of hydrogen-bond donors (Lipinski definition) is 1. The summed E-state index contributed by atoms with van der Waals surface area (Å²) in [5.41, 5.74) is 3.10. The van der Waals surface area contributed by atoms with Gasteiger partial charge in [0.1, 0.15) is 18.0 Å². The molecule has 1 unspecified atom stereocenters. The smallest absolute Gasteiger partial charge is 0.323 e. The van der Waals surface area contributed by atoms with Crippen molar-refractivity contribution in [3.8, 4) is 5.69 Å². The lowest BCUT2D eigenvalue weighted by Crippen LogP contribution is -2.42. The summed E-state index contributed by atoms with van der Waals surface area (Å²) in [6.07, 6.45) is 2.90. The maximum absolute atomic E-state index is 14.4. The van der Waals surface area contributed by atoms with E-state index in [2.05, 4.69) is 5.10 Å². The van der Waals surface area contributed by atoms with Crippen LogP contribution in [-0.4, -0.2) is 44.3 Å². The molecular weight excluding hydrogens is 349 g/mol. The minimum Gasteiger partial charge on any atom is -0.480 e. The fourth-order valence-corrected chi connectivity index (χ4v) is 3.52. The number of aliphatic carboxylic acids is 1. The summed E-state index contributed by atoms with van der Waals surface area (Å²) in [7, 11) is 0. The number of carboxylic acid groups (broad SMARTS) is 1. The highest BCUT2D eigenvalue weighted by atomic mass is 19.1. The predicted molar refractivity (Wildman–Crippen MR) is 98.7 cm³/mol. The lowest BCUT2D eigenvalue weighted by Gasteiger charge is -2.26. The van der Waals surface area contributed by atoms with Gasteiger partial charge in [0, 0.05) is 17.3 Å². The third-order valence-electron chi connectivity index (χ3n) is 5.15. The molecule has 0 bridgehead atoms. The van der Waals surface area contributed by atoms with E-state index in [1.165, 1.54) is 15.6 Å². The molecule has 0 radical (unpaired) electrons. The molecule has 1 amide bonds. The molecule has 0 saturated carbocycles. The molecule has 1 aliphatic carbocycles. The van der Waals surface area contributed by atoms with Crippen molar-refractivity contribution in [2.24, 2.45) is 0 Å². The second-order valence-corrected chi connectivity index (χ2v) is 7.08. The Hall–Kier alpha value is -2.70. The Labute approximate surface area is 157 Å². The van der Waals surface area contributed by atoms with Crippen LogP contribution in [0.2, 0.25) is 0 Å². The molecule has 0 aliphatic heterocycles. The van der Waals surface area contributed by atoms with E-state index in [0.717, 1.165) is 23.2 Å². The Bertz CT molecular complexity index is 891. The van der Waals surface area contributed by atoms with E-state index in [9.17, 15) is 19.1 Å². The van der Waals surface area contributed by atoms with Crippen molar-refractivity contribution in [2.45, 2.75) is 52.5 Å². The number of benzene rings is 1. The fraction of sp³-hybridized carbons (Fsp3) is 0.450. The Morgan fingerprint density at radius 1 is 1.37 bits per heavy atom. The fourth-order valence-electron chi connectivity index (χ4n) is 3.52. The standard InChI is InChI=1S/C20H24FN3O3/c1-4-13(3)23(11-18(25)26)20(27)19-14-6-5-7-16(14)24(22-19)17-10-12(2)8-9-15(17)21/h8-10,13H,4-7,11H2,1-3H3,(H,25,26). The molecule has 0 spiro atoms. The van der Waals surface area contributed by atoms with Gasteiger partial charge >= 0.3 is 5.97 Å². The second kappa shape index (κ2) is 7.50. The molecule has 1 aromatic heterocycles. The maximum Gasteiger partial charge on any atom is 0.323 e. The first kappa shape index (κ1) is 19.1. The first-order valence-corrected chi connectivity index (χ1v) is 9.23. The lowest BCUT2D eigenvalue weighted by atomic mass is 10.1. The van der Waals surface area contributed by atoms with Gasteiger partial charge in [-0.2, -0.15) is 5.10 Å². The van der Waals surface area contributed by atoms with E-state index in [0.29, 0.717) is 24.9 Å². The van der Waals surface area contributed by atoms with Gasteiger partial charge in [0.05, 0.1) is 0 Å². The van der Waals surface area contributed by atoms with E-state index in [4.69, 9.17) is 0 Å². The van der Waals surface area contributed by atoms with Crippen LogP contribution in [0.1, 0.15) is 54.0 Å². The average molecular weight is 373 g/mol. The predicted octanol–water partition coefficient (Wildman–Crippen LogP) is 3.13. The molecule has 2 aromatic rings. The lowest BCUT2D eigenvalue weighted by molar-refractivity contribution is -0.138. The Morgan fingerprint density at radius 3 is 2.78 bits per heavy atom. The number of carbonyl (C=O) groups excluding carboxylic acids is 1. The van der Waals surface area contributed by atoms with Gasteiger partial charge in [0.2, 0.25) is 0 Å². The molecule has 3 rings (SSSR count). The molecule has 7 heteroatoms. The van der Waals surface area contributed by atoms with E-state index >= 15 is 0 Å². The van der Waals surface area contributed by atoms with Gasteiger partial charge in [-0.05, 0) is 57.2 Å². The quantitative estimate of drug-likeness (QED) is 0.844. The van der Waals surface area contributed by atoms with Gasteiger partial charge in [0.25, 0.3) is 5.91 Å². The minimum absolute atomic E-state index is 0.230. The molecule has 1 aromatic carbocycles. The summed E-state index contributed by atoms with van der Waals surface area (Å²) in [5, 5.41) is 13.6. The van der Waals surface area contributed by atoms with Crippen LogP contribution in [0.3, 0.4) is 0 Å². The van der Waals surface area contributed by atoms with Gasteiger partial charge in [0.15, 0.2) is 5.69 Å². The number of carboxylic acids is 1. The van der Waals surface area contributed by atoms with Crippen LogP contribution in [0.25, 0.3) is 5.69 Å². The van der Waals surface area contributed by atoms with Crippen LogP contribution in [0.4, 0.5) is 4.39 Å². The van der Waals surface area contributed by atoms with Crippen molar-refractivity contribution < 1.29 is 19.1 Å². The molecule has 1 aliphatic rings. The van der Waals surface area contributed by atoms with Gasteiger partial charge in [-0.1, -0.05) is 13.0 Å². The normalized spacial score (nSPS) is 14.1. The number of fused-ring (bicyclic) bond motifs is 1.